The van der Waals surface area contributed by atoms with Crippen LogP contribution in [0.5, 0.6) is 0 Å². The summed E-state index contributed by atoms with van der Waals surface area (Å²) < 4.78 is 5.04. The molecule has 116 valence electrons. The van der Waals surface area contributed by atoms with Crippen LogP contribution in [0.15, 0.2) is 59.3 Å². The second-order valence-corrected chi connectivity index (χ2v) is 5.38. The summed E-state index contributed by atoms with van der Waals surface area (Å²) in [5.41, 5.74) is 2.54. The summed E-state index contributed by atoms with van der Waals surface area (Å²) in [4.78, 5) is 16.1. The first-order valence-corrected chi connectivity index (χ1v) is 7.34. The first kappa shape index (κ1) is 15.1. The van der Waals surface area contributed by atoms with Crippen molar-refractivity contribution in [2.45, 2.75) is 6.92 Å². The Kier molecular flexibility index (Phi) is 4.30. The van der Waals surface area contributed by atoms with Crippen molar-refractivity contribution in [3.05, 3.63) is 71.3 Å². The molecule has 0 aliphatic rings. The van der Waals surface area contributed by atoms with Gasteiger partial charge in [0.1, 0.15) is 5.82 Å². The third kappa shape index (κ3) is 3.70. The number of aromatic nitrogens is 1. The van der Waals surface area contributed by atoms with Crippen LogP contribution in [0.1, 0.15) is 16.1 Å². The van der Waals surface area contributed by atoms with Crippen molar-refractivity contribution in [1.29, 1.82) is 0 Å². The molecule has 1 aromatic carbocycles. The summed E-state index contributed by atoms with van der Waals surface area (Å²) in [7, 11) is 0. The van der Waals surface area contributed by atoms with Crippen molar-refractivity contribution < 1.29 is 9.21 Å². The zero-order chi connectivity index (χ0) is 16.2. The van der Waals surface area contributed by atoms with Crippen LogP contribution in [0.3, 0.4) is 0 Å². The lowest BCUT2D eigenvalue weighted by Crippen LogP contribution is -2.11. The number of carbonyl (C=O) groups is 1. The number of benzene rings is 1. The van der Waals surface area contributed by atoms with E-state index in [0.717, 1.165) is 11.3 Å². The number of carbonyl (C=O) groups excluding carboxylic acids is 1. The minimum absolute atomic E-state index is 0.254. The molecule has 0 radical (unpaired) electrons. The Bertz CT molecular complexity index is 814. The number of hydrogen-bond donors (Lipinski definition) is 2. The van der Waals surface area contributed by atoms with Gasteiger partial charge in [0.05, 0.1) is 18.1 Å². The van der Waals surface area contributed by atoms with Gasteiger partial charge in [0.25, 0.3) is 5.91 Å². The number of pyridine rings is 1. The van der Waals surface area contributed by atoms with E-state index in [1.807, 2.05) is 25.1 Å². The normalized spacial score (nSPS) is 10.3. The molecule has 0 unspecified atom stereocenters. The van der Waals surface area contributed by atoms with Gasteiger partial charge >= 0.3 is 0 Å². The predicted octanol–water partition coefficient (Wildman–Crippen LogP) is 4.63. The molecule has 0 aliphatic carbocycles. The molecular formula is C17H14ClN3O2. The zero-order valence-corrected chi connectivity index (χ0v) is 13.1. The van der Waals surface area contributed by atoms with Gasteiger partial charge in [0.2, 0.25) is 0 Å². The standard InChI is InChI=1S/C17H14ClN3O2/c1-11-9-12(18)4-6-14(11)21-16-7-5-13(10-19-16)20-17(22)15-3-2-8-23-15/h2-10H,1H3,(H,19,21)(H,20,22). The average molecular weight is 328 g/mol. The molecule has 3 rings (SSSR count). The predicted molar refractivity (Wildman–Crippen MR) is 90.4 cm³/mol. The average Bonchev–Trinajstić information content (AvgIpc) is 3.06. The quantitative estimate of drug-likeness (QED) is 0.733. The van der Waals surface area contributed by atoms with E-state index in [4.69, 9.17) is 16.0 Å². The van der Waals surface area contributed by atoms with Crippen molar-refractivity contribution in [3.63, 3.8) is 0 Å². The molecule has 0 fully saturated rings. The Hall–Kier alpha value is -2.79. The number of nitrogens with zero attached hydrogens (tertiary/aromatic N) is 1. The number of amides is 1. The highest BCUT2D eigenvalue weighted by Crippen LogP contribution is 2.23. The molecule has 5 nitrogen and oxygen atoms in total. The van der Waals surface area contributed by atoms with Gasteiger partial charge in [0, 0.05) is 10.7 Å². The molecule has 0 aliphatic heterocycles. The Balaban J connectivity index is 1.68. The van der Waals surface area contributed by atoms with Gasteiger partial charge < -0.3 is 15.1 Å². The lowest BCUT2D eigenvalue weighted by molar-refractivity contribution is 0.0996. The largest absolute Gasteiger partial charge is 0.459 e. The SMILES string of the molecule is Cc1cc(Cl)ccc1Nc1ccc(NC(=O)c2ccco2)cn1. The molecule has 2 aromatic heterocycles. The second kappa shape index (κ2) is 6.54. The van der Waals surface area contributed by atoms with Crippen molar-refractivity contribution in [3.8, 4) is 0 Å². The fourth-order valence-electron chi connectivity index (χ4n) is 2.05. The van der Waals surface area contributed by atoms with Crippen LogP contribution in [-0.4, -0.2) is 10.9 Å². The maximum atomic E-state index is 11.9. The number of hydrogen-bond acceptors (Lipinski definition) is 4. The van der Waals surface area contributed by atoms with Crippen molar-refractivity contribution in [2.24, 2.45) is 0 Å². The summed E-state index contributed by atoms with van der Waals surface area (Å²) in [6.07, 6.45) is 3.03. The van der Waals surface area contributed by atoms with E-state index in [1.165, 1.54) is 6.26 Å². The van der Waals surface area contributed by atoms with Crippen molar-refractivity contribution in [2.75, 3.05) is 10.6 Å². The number of rotatable bonds is 4. The molecular weight excluding hydrogens is 314 g/mol. The Labute approximate surface area is 138 Å². The highest BCUT2D eigenvalue weighted by molar-refractivity contribution is 6.30. The maximum absolute atomic E-state index is 11.9. The molecule has 2 heterocycles. The topological polar surface area (TPSA) is 67.2 Å². The highest BCUT2D eigenvalue weighted by Gasteiger charge is 2.09. The monoisotopic (exact) mass is 327 g/mol. The van der Waals surface area contributed by atoms with Crippen molar-refractivity contribution in [1.82, 2.24) is 4.98 Å². The fraction of sp³-hybridized carbons (Fsp3) is 0.0588. The number of aryl methyl sites for hydroxylation is 1. The summed E-state index contributed by atoms with van der Waals surface area (Å²) in [5, 5.41) is 6.61. The minimum Gasteiger partial charge on any atom is -0.459 e. The smallest absolute Gasteiger partial charge is 0.291 e. The molecule has 0 saturated carbocycles. The minimum atomic E-state index is -0.314. The summed E-state index contributed by atoms with van der Waals surface area (Å²) in [5.74, 6) is 0.612. The fourth-order valence-corrected chi connectivity index (χ4v) is 2.27. The lowest BCUT2D eigenvalue weighted by atomic mass is 10.2. The van der Waals surface area contributed by atoms with Crippen LogP contribution < -0.4 is 10.6 Å². The first-order chi connectivity index (χ1) is 11.1. The highest BCUT2D eigenvalue weighted by atomic mass is 35.5. The van der Waals surface area contributed by atoms with Crippen molar-refractivity contribution >= 4 is 34.7 Å². The number of furan rings is 1. The van der Waals surface area contributed by atoms with E-state index < -0.39 is 0 Å². The second-order valence-electron chi connectivity index (χ2n) is 4.95. The molecule has 23 heavy (non-hydrogen) atoms. The third-order valence-electron chi connectivity index (χ3n) is 3.22. The lowest BCUT2D eigenvalue weighted by Gasteiger charge is -2.10. The number of anilines is 3. The van der Waals surface area contributed by atoms with Gasteiger partial charge in [-0.25, -0.2) is 4.98 Å². The summed E-state index contributed by atoms with van der Waals surface area (Å²) in [6, 6.07) is 12.4. The van der Waals surface area contributed by atoms with E-state index in [9.17, 15) is 4.79 Å². The van der Waals surface area contributed by atoms with E-state index in [1.54, 1.807) is 30.5 Å². The van der Waals surface area contributed by atoms with E-state index in [2.05, 4.69) is 15.6 Å². The number of halogens is 1. The van der Waals surface area contributed by atoms with Gasteiger partial charge in [-0.1, -0.05) is 11.6 Å². The Morgan fingerprint density at radius 1 is 1.22 bits per heavy atom. The zero-order valence-electron chi connectivity index (χ0n) is 12.3. The maximum Gasteiger partial charge on any atom is 0.291 e. The molecule has 2 N–H and O–H groups in total. The molecule has 0 spiro atoms. The van der Waals surface area contributed by atoms with Crippen LogP contribution in [0.25, 0.3) is 0 Å². The number of nitrogens with one attached hydrogen (secondary N) is 2. The Morgan fingerprint density at radius 3 is 2.74 bits per heavy atom. The molecule has 0 atom stereocenters. The van der Waals surface area contributed by atoms with E-state index in [-0.39, 0.29) is 11.7 Å². The van der Waals surface area contributed by atoms with Crippen LogP contribution >= 0.6 is 11.6 Å². The molecule has 0 saturated heterocycles. The van der Waals surface area contributed by atoms with Crippen LogP contribution in [-0.2, 0) is 0 Å². The van der Waals surface area contributed by atoms with Crippen LogP contribution in [0.2, 0.25) is 5.02 Å². The van der Waals surface area contributed by atoms with Gasteiger partial charge in [0.15, 0.2) is 5.76 Å². The Morgan fingerprint density at radius 2 is 2.09 bits per heavy atom. The molecule has 1 amide bonds. The van der Waals surface area contributed by atoms with Gasteiger partial charge in [-0.3, -0.25) is 4.79 Å². The van der Waals surface area contributed by atoms with E-state index >= 15 is 0 Å². The third-order valence-corrected chi connectivity index (χ3v) is 3.45. The molecule has 0 bridgehead atoms. The molecule has 6 heteroatoms. The summed E-state index contributed by atoms with van der Waals surface area (Å²) in [6.45, 7) is 1.96. The van der Waals surface area contributed by atoms with Crippen LogP contribution in [0, 0.1) is 6.92 Å². The van der Waals surface area contributed by atoms with E-state index in [0.29, 0.717) is 16.5 Å². The molecule has 3 aromatic rings. The van der Waals surface area contributed by atoms with Crippen LogP contribution in [0.4, 0.5) is 17.2 Å². The van der Waals surface area contributed by atoms with Gasteiger partial charge in [-0.2, -0.15) is 0 Å². The van der Waals surface area contributed by atoms with Gasteiger partial charge in [-0.15, -0.1) is 0 Å². The summed E-state index contributed by atoms with van der Waals surface area (Å²) >= 11 is 5.94. The van der Waals surface area contributed by atoms with Gasteiger partial charge in [-0.05, 0) is 55.0 Å². The first-order valence-electron chi connectivity index (χ1n) is 6.96.